The quantitative estimate of drug-likeness (QED) is 0.542. The summed E-state index contributed by atoms with van der Waals surface area (Å²) in [6.07, 6.45) is 4.58. The Balaban J connectivity index is 3.45. The third kappa shape index (κ3) is 5.57. The molecule has 0 aromatic rings. The van der Waals surface area contributed by atoms with Gasteiger partial charge in [-0.05, 0) is 13.3 Å². The normalized spacial score (nSPS) is 13.0. The average molecular weight is 146 g/mol. The molecule has 0 atom stereocenters. The van der Waals surface area contributed by atoms with Crippen LogP contribution in [0.2, 0.25) is 0 Å². The van der Waals surface area contributed by atoms with Crippen LogP contribution in [-0.2, 0) is 0 Å². The third-order valence-electron chi connectivity index (χ3n) is 0.843. The summed E-state index contributed by atoms with van der Waals surface area (Å²) in [6.45, 7) is 4.84. The zero-order valence-electron chi connectivity index (χ0n) is 5.89. The van der Waals surface area contributed by atoms with Crippen molar-refractivity contribution in [2.24, 2.45) is 4.99 Å². The molecule has 0 amide bonds. The Bertz CT molecular complexity index is 116. The van der Waals surface area contributed by atoms with Gasteiger partial charge in [-0.3, -0.25) is 4.99 Å². The van der Waals surface area contributed by atoms with Crippen molar-refractivity contribution in [3.05, 3.63) is 11.1 Å². The van der Waals surface area contributed by atoms with Gasteiger partial charge in [0.1, 0.15) is 0 Å². The molecule has 9 heavy (non-hydrogen) atoms. The zero-order valence-corrected chi connectivity index (χ0v) is 6.65. The van der Waals surface area contributed by atoms with Crippen molar-refractivity contribution in [1.82, 2.24) is 0 Å². The summed E-state index contributed by atoms with van der Waals surface area (Å²) in [5.74, 6) is 0. The maximum absolute atomic E-state index is 5.61. The highest BCUT2D eigenvalue weighted by atomic mass is 35.5. The molecule has 0 unspecified atom stereocenters. The smallest absolute Gasteiger partial charge is 0.0541 e. The second-order valence-electron chi connectivity index (χ2n) is 1.71. The van der Waals surface area contributed by atoms with Crippen molar-refractivity contribution in [2.45, 2.75) is 20.3 Å². The first-order valence-electron chi connectivity index (χ1n) is 3.13. The lowest BCUT2D eigenvalue weighted by atomic mass is 10.5. The van der Waals surface area contributed by atoms with E-state index in [0.29, 0.717) is 5.03 Å². The summed E-state index contributed by atoms with van der Waals surface area (Å²) in [4.78, 5) is 4.04. The van der Waals surface area contributed by atoms with E-state index in [1.54, 1.807) is 6.21 Å². The summed E-state index contributed by atoms with van der Waals surface area (Å²) < 4.78 is 0. The van der Waals surface area contributed by atoms with Gasteiger partial charge in [0, 0.05) is 12.8 Å². The van der Waals surface area contributed by atoms with Crippen LogP contribution in [0, 0.1) is 0 Å². The van der Waals surface area contributed by atoms with Crippen molar-refractivity contribution >= 4 is 17.8 Å². The number of hydrogen-bond donors (Lipinski definition) is 0. The van der Waals surface area contributed by atoms with Crippen LogP contribution in [0.15, 0.2) is 16.1 Å². The lowest BCUT2D eigenvalue weighted by molar-refractivity contribution is 0.937. The summed E-state index contributed by atoms with van der Waals surface area (Å²) in [6, 6.07) is 0. The fourth-order valence-corrected chi connectivity index (χ4v) is 0.424. The minimum atomic E-state index is 0.712. The summed E-state index contributed by atoms with van der Waals surface area (Å²) in [5, 5.41) is 0.712. The SMILES string of the molecule is C/C=C(Cl)\C=N/CCC. The first-order valence-corrected chi connectivity index (χ1v) is 3.50. The standard InChI is InChI=1S/C7H12ClN/c1-3-5-9-6-7(8)4-2/h4,6H,3,5H2,1-2H3/b7-4+,9-6-. The Morgan fingerprint density at radius 1 is 1.67 bits per heavy atom. The highest BCUT2D eigenvalue weighted by Gasteiger charge is 1.78. The molecule has 52 valence electrons. The Kier molecular flexibility index (Phi) is 5.64. The molecule has 1 nitrogen and oxygen atoms in total. The minimum Gasteiger partial charge on any atom is -0.292 e. The van der Waals surface area contributed by atoms with Crippen LogP contribution in [0.4, 0.5) is 0 Å². The van der Waals surface area contributed by atoms with E-state index in [1.165, 1.54) is 0 Å². The lowest BCUT2D eigenvalue weighted by Crippen LogP contribution is -1.77. The van der Waals surface area contributed by atoms with Crippen molar-refractivity contribution in [3.8, 4) is 0 Å². The van der Waals surface area contributed by atoms with Crippen LogP contribution in [0.3, 0.4) is 0 Å². The number of hydrogen-bond acceptors (Lipinski definition) is 1. The topological polar surface area (TPSA) is 12.4 Å². The molecule has 0 heterocycles. The molecule has 0 aliphatic carbocycles. The van der Waals surface area contributed by atoms with Crippen molar-refractivity contribution in [1.29, 1.82) is 0 Å². The summed E-state index contributed by atoms with van der Waals surface area (Å²) in [7, 11) is 0. The average Bonchev–Trinajstić information content (AvgIpc) is 1.89. The molecule has 0 spiro atoms. The Morgan fingerprint density at radius 2 is 2.33 bits per heavy atom. The van der Waals surface area contributed by atoms with Gasteiger partial charge in [-0.15, -0.1) is 0 Å². The van der Waals surface area contributed by atoms with Crippen LogP contribution >= 0.6 is 11.6 Å². The molecule has 2 heteroatoms. The van der Waals surface area contributed by atoms with Crippen LogP contribution in [0.25, 0.3) is 0 Å². The van der Waals surface area contributed by atoms with Crippen LogP contribution < -0.4 is 0 Å². The van der Waals surface area contributed by atoms with Gasteiger partial charge in [0.2, 0.25) is 0 Å². The maximum atomic E-state index is 5.61. The number of allylic oxidation sites excluding steroid dienone is 2. The zero-order chi connectivity index (χ0) is 7.11. The van der Waals surface area contributed by atoms with Gasteiger partial charge in [-0.1, -0.05) is 24.6 Å². The third-order valence-corrected chi connectivity index (χ3v) is 1.16. The van der Waals surface area contributed by atoms with Gasteiger partial charge >= 0.3 is 0 Å². The molecule has 0 fully saturated rings. The Labute approximate surface area is 61.4 Å². The monoisotopic (exact) mass is 145 g/mol. The lowest BCUT2D eigenvalue weighted by Gasteiger charge is -1.84. The maximum Gasteiger partial charge on any atom is 0.0541 e. The van der Waals surface area contributed by atoms with Crippen molar-refractivity contribution in [2.75, 3.05) is 6.54 Å². The second kappa shape index (κ2) is 5.83. The molecule has 0 aliphatic heterocycles. The Hall–Kier alpha value is -0.300. The van der Waals surface area contributed by atoms with Crippen LogP contribution in [0.1, 0.15) is 20.3 Å². The molecule has 0 aromatic carbocycles. The van der Waals surface area contributed by atoms with E-state index in [9.17, 15) is 0 Å². The molecule has 0 aromatic heterocycles. The highest BCUT2D eigenvalue weighted by Crippen LogP contribution is 1.94. The molecule has 0 saturated heterocycles. The first-order chi connectivity index (χ1) is 4.31. The molecule has 0 aliphatic rings. The van der Waals surface area contributed by atoms with E-state index in [4.69, 9.17) is 11.6 Å². The van der Waals surface area contributed by atoms with Gasteiger partial charge < -0.3 is 0 Å². The van der Waals surface area contributed by atoms with E-state index in [2.05, 4.69) is 11.9 Å². The number of aliphatic imine (C=N–C) groups is 1. The molecule has 0 radical (unpaired) electrons. The Morgan fingerprint density at radius 3 is 2.78 bits per heavy atom. The van der Waals surface area contributed by atoms with Gasteiger partial charge in [-0.25, -0.2) is 0 Å². The van der Waals surface area contributed by atoms with Gasteiger partial charge in [-0.2, -0.15) is 0 Å². The van der Waals surface area contributed by atoms with Gasteiger partial charge in [0.25, 0.3) is 0 Å². The first kappa shape index (κ1) is 8.70. The molecule has 0 rings (SSSR count). The minimum absolute atomic E-state index is 0.712. The molecule has 0 N–H and O–H groups in total. The predicted octanol–water partition coefficient (Wildman–Crippen LogP) is 2.61. The molecular weight excluding hydrogens is 134 g/mol. The van der Waals surface area contributed by atoms with E-state index < -0.39 is 0 Å². The van der Waals surface area contributed by atoms with E-state index in [0.717, 1.165) is 13.0 Å². The number of rotatable bonds is 3. The van der Waals surface area contributed by atoms with Gasteiger partial charge in [0.05, 0.1) is 5.03 Å². The fraction of sp³-hybridized carbons (Fsp3) is 0.571. The largest absolute Gasteiger partial charge is 0.292 e. The summed E-state index contributed by atoms with van der Waals surface area (Å²) in [5.41, 5.74) is 0. The molecular formula is C7H12ClN. The van der Waals surface area contributed by atoms with E-state index in [-0.39, 0.29) is 0 Å². The molecule has 0 saturated carbocycles. The van der Waals surface area contributed by atoms with Gasteiger partial charge in [0.15, 0.2) is 0 Å². The highest BCUT2D eigenvalue weighted by molar-refractivity contribution is 6.39. The summed E-state index contributed by atoms with van der Waals surface area (Å²) >= 11 is 5.61. The van der Waals surface area contributed by atoms with Crippen LogP contribution in [-0.4, -0.2) is 12.8 Å². The van der Waals surface area contributed by atoms with Crippen molar-refractivity contribution in [3.63, 3.8) is 0 Å². The number of halogens is 1. The van der Waals surface area contributed by atoms with Crippen LogP contribution in [0.5, 0.6) is 0 Å². The number of nitrogens with zero attached hydrogens (tertiary/aromatic N) is 1. The fourth-order valence-electron chi connectivity index (χ4n) is 0.355. The van der Waals surface area contributed by atoms with E-state index in [1.807, 2.05) is 13.0 Å². The van der Waals surface area contributed by atoms with E-state index >= 15 is 0 Å². The second-order valence-corrected chi connectivity index (χ2v) is 2.15. The molecule has 0 bridgehead atoms. The van der Waals surface area contributed by atoms with Crippen molar-refractivity contribution < 1.29 is 0 Å². The predicted molar refractivity (Wildman–Crippen MR) is 43.3 cm³/mol.